The van der Waals surface area contributed by atoms with Gasteiger partial charge in [-0.2, -0.15) is 0 Å². The highest BCUT2D eigenvalue weighted by Crippen LogP contribution is 2.37. The van der Waals surface area contributed by atoms with Crippen molar-refractivity contribution in [2.24, 2.45) is 0 Å². The molecule has 1 saturated carbocycles. The first kappa shape index (κ1) is 13.3. The van der Waals surface area contributed by atoms with Gasteiger partial charge in [0, 0.05) is 19.0 Å². The predicted octanol–water partition coefficient (Wildman–Crippen LogP) is 0.553. The lowest BCUT2D eigenvalue weighted by Crippen LogP contribution is -2.37. The van der Waals surface area contributed by atoms with E-state index in [0.29, 0.717) is 30.4 Å². The first-order valence-corrected chi connectivity index (χ1v) is 7.00. The highest BCUT2D eigenvalue weighted by Gasteiger charge is 2.36. The molecular formula is C14H19N3O3. The van der Waals surface area contributed by atoms with Gasteiger partial charge in [-0.25, -0.2) is 4.98 Å². The summed E-state index contributed by atoms with van der Waals surface area (Å²) in [6.45, 7) is 4.12. The van der Waals surface area contributed by atoms with E-state index in [2.05, 4.69) is 9.97 Å². The average Bonchev–Trinajstić information content (AvgIpc) is 3.12. The van der Waals surface area contributed by atoms with Gasteiger partial charge in [0.1, 0.15) is 11.4 Å². The fraction of sp³-hybridized carbons (Fsp3) is 0.643. The van der Waals surface area contributed by atoms with Crippen molar-refractivity contribution in [3.05, 3.63) is 27.4 Å². The third-order valence-corrected chi connectivity index (χ3v) is 4.04. The molecule has 0 aromatic carbocycles. The van der Waals surface area contributed by atoms with Gasteiger partial charge in [-0.15, -0.1) is 0 Å². The Morgan fingerprint density at radius 2 is 2.20 bits per heavy atom. The van der Waals surface area contributed by atoms with E-state index in [1.54, 1.807) is 13.8 Å². The van der Waals surface area contributed by atoms with Crippen molar-refractivity contribution in [3.8, 4) is 0 Å². The van der Waals surface area contributed by atoms with Crippen LogP contribution < -0.4 is 5.56 Å². The Hall–Kier alpha value is -1.69. The second-order valence-electron chi connectivity index (χ2n) is 6.16. The molecule has 1 aromatic heterocycles. The minimum absolute atomic E-state index is 0.104. The number of rotatable bonds is 2. The smallest absolute Gasteiger partial charge is 0.264 e. The van der Waals surface area contributed by atoms with E-state index >= 15 is 0 Å². The highest BCUT2D eigenvalue weighted by molar-refractivity contribution is 5.95. The van der Waals surface area contributed by atoms with Crippen LogP contribution in [0.25, 0.3) is 0 Å². The zero-order valence-electron chi connectivity index (χ0n) is 11.8. The number of β-amino-alcohol motifs (C(OH)–C–C–N with tert-alkyl or cyclic N) is 1. The molecule has 6 heteroatoms. The Balaban J connectivity index is 1.90. The fourth-order valence-electron chi connectivity index (χ4n) is 2.69. The first-order chi connectivity index (χ1) is 9.37. The molecule has 1 amide bonds. The van der Waals surface area contributed by atoms with Crippen molar-refractivity contribution < 1.29 is 9.90 Å². The molecular weight excluding hydrogens is 258 g/mol. The lowest BCUT2D eigenvalue weighted by atomic mass is 10.1. The molecule has 2 fully saturated rings. The third kappa shape index (κ3) is 2.35. The van der Waals surface area contributed by atoms with Gasteiger partial charge in [0.2, 0.25) is 0 Å². The standard InChI is InChI=1S/C14H19N3O3/c1-8-10(12(18)16-11(15-8)9-3-4-9)13(19)17-6-5-14(2,20)7-17/h9,20H,3-7H2,1-2H3,(H,15,16,18). The maximum absolute atomic E-state index is 12.4. The molecule has 1 saturated heterocycles. The molecule has 1 unspecified atom stereocenters. The maximum Gasteiger partial charge on any atom is 0.264 e. The SMILES string of the molecule is Cc1nc(C2CC2)[nH]c(=O)c1C(=O)N1CCC(C)(O)C1. The van der Waals surface area contributed by atoms with E-state index < -0.39 is 5.60 Å². The number of aliphatic hydroxyl groups is 1. The van der Waals surface area contributed by atoms with Crippen LogP contribution >= 0.6 is 0 Å². The molecule has 2 aliphatic rings. The molecule has 2 N–H and O–H groups in total. The summed E-state index contributed by atoms with van der Waals surface area (Å²) in [6, 6.07) is 0. The molecule has 1 aliphatic heterocycles. The Bertz CT molecular complexity index is 617. The van der Waals surface area contributed by atoms with Crippen molar-refractivity contribution >= 4 is 5.91 Å². The van der Waals surface area contributed by atoms with Crippen molar-refractivity contribution in [2.75, 3.05) is 13.1 Å². The second kappa shape index (κ2) is 4.41. The van der Waals surface area contributed by atoms with Crippen LogP contribution in [-0.4, -0.2) is 44.6 Å². The van der Waals surface area contributed by atoms with Gasteiger partial charge >= 0.3 is 0 Å². The summed E-state index contributed by atoms with van der Waals surface area (Å²) in [4.78, 5) is 33.2. The number of H-pyrrole nitrogens is 1. The van der Waals surface area contributed by atoms with Gasteiger partial charge in [0.25, 0.3) is 11.5 Å². The summed E-state index contributed by atoms with van der Waals surface area (Å²) < 4.78 is 0. The number of hydrogen-bond donors (Lipinski definition) is 2. The van der Waals surface area contributed by atoms with Crippen LogP contribution in [0.5, 0.6) is 0 Å². The highest BCUT2D eigenvalue weighted by atomic mass is 16.3. The number of aromatic nitrogens is 2. The molecule has 1 aromatic rings. The largest absolute Gasteiger partial charge is 0.388 e. The number of aryl methyl sites for hydroxylation is 1. The second-order valence-corrected chi connectivity index (χ2v) is 6.16. The number of likely N-dealkylation sites (tertiary alicyclic amines) is 1. The summed E-state index contributed by atoms with van der Waals surface area (Å²) in [7, 11) is 0. The van der Waals surface area contributed by atoms with Crippen LogP contribution in [0, 0.1) is 6.92 Å². The van der Waals surface area contributed by atoms with Crippen LogP contribution in [0.3, 0.4) is 0 Å². The van der Waals surface area contributed by atoms with E-state index in [-0.39, 0.29) is 23.6 Å². The summed E-state index contributed by atoms with van der Waals surface area (Å²) in [5.41, 5.74) is -0.646. The number of aromatic amines is 1. The molecule has 1 aliphatic carbocycles. The first-order valence-electron chi connectivity index (χ1n) is 7.00. The molecule has 20 heavy (non-hydrogen) atoms. The van der Waals surface area contributed by atoms with Crippen molar-refractivity contribution in [3.63, 3.8) is 0 Å². The maximum atomic E-state index is 12.4. The quantitative estimate of drug-likeness (QED) is 0.826. The number of carbonyl (C=O) groups excluding carboxylic acids is 1. The number of amides is 1. The Labute approximate surface area is 116 Å². The van der Waals surface area contributed by atoms with Crippen molar-refractivity contribution in [2.45, 2.75) is 44.6 Å². The molecule has 1 atom stereocenters. The molecule has 6 nitrogen and oxygen atoms in total. The van der Waals surface area contributed by atoms with Gasteiger partial charge in [-0.05, 0) is 33.1 Å². The topological polar surface area (TPSA) is 86.3 Å². The normalized spacial score (nSPS) is 26.1. The van der Waals surface area contributed by atoms with E-state index in [9.17, 15) is 14.7 Å². The lowest BCUT2D eigenvalue weighted by Gasteiger charge is -2.19. The fourth-order valence-corrected chi connectivity index (χ4v) is 2.69. The third-order valence-electron chi connectivity index (χ3n) is 4.04. The summed E-state index contributed by atoms with van der Waals surface area (Å²) >= 11 is 0. The van der Waals surface area contributed by atoms with Crippen LogP contribution in [0.15, 0.2) is 4.79 Å². The molecule has 108 valence electrons. The van der Waals surface area contributed by atoms with Crippen molar-refractivity contribution in [1.29, 1.82) is 0 Å². The zero-order valence-corrected chi connectivity index (χ0v) is 11.8. The average molecular weight is 277 g/mol. The van der Waals surface area contributed by atoms with Crippen LogP contribution in [0.1, 0.15) is 54.0 Å². The summed E-state index contributed by atoms with van der Waals surface area (Å²) in [5.74, 6) is 0.701. The van der Waals surface area contributed by atoms with E-state index in [4.69, 9.17) is 0 Å². The molecule has 0 spiro atoms. The summed E-state index contributed by atoms with van der Waals surface area (Å²) in [6.07, 6.45) is 2.62. The predicted molar refractivity (Wildman–Crippen MR) is 72.7 cm³/mol. The number of nitrogens with one attached hydrogen (secondary N) is 1. The molecule has 0 bridgehead atoms. The van der Waals surface area contributed by atoms with E-state index in [0.717, 1.165) is 12.8 Å². The number of hydrogen-bond acceptors (Lipinski definition) is 4. The molecule has 2 heterocycles. The van der Waals surface area contributed by atoms with E-state index in [1.165, 1.54) is 4.90 Å². The molecule has 3 rings (SSSR count). The summed E-state index contributed by atoms with van der Waals surface area (Å²) in [5, 5.41) is 9.93. The lowest BCUT2D eigenvalue weighted by molar-refractivity contribution is 0.0570. The van der Waals surface area contributed by atoms with Gasteiger partial charge < -0.3 is 15.0 Å². The van der Waals surface area contributed by atoms with Gasteiger partial charge in [-0.3, -0.25) is 9.59 Å². The minimum Gasteiger partial charge on any atom is -0.388 e. The van der Waals surface area contributed by atoms with Crippen LogP contribution in [0.2, 0.25) is 0 Å². The Morgan fingerprint density at radius 1 is 1.50 bits per heavy atom. The Kier molecular flexibility index (Phi) is 2.93. The zero-order chi connectivity index (χ0) is 14.5. The number of carbonyl (C=O) groups is 1. The monoisotopic (exact) mass is 277 g/mol. The molecule has 0 radical (unpaired) electrons. The van der Waals surface area contributed by atoms with Gasteiger partial charge in [0.05, 0.1) is 11.3 Å². The number of nitrogens with zero attached hydrogens (tertiary/aromatic N) is 2. The van der Waals surface area contributed by atoms with E-state index in [1.807, 2.05) is 0 Å². The van der Waals surface area contributed by atoms with Gasteiger partial charge in [-0.1, -0.05) is 0 Å². The minimum atomic E-state index is -0.863. The van der Waals surface area contributed by atoms with Crippen LogP contribution in [-0.2, 0) is 0 Å². The Morgan fingerprint density at radius 3 is 2.70 bits per heavy atom. The van der Waals surface area contributed by atoms with Crippen LogP contribution in [0.4, 0.5) is 0 Å². The van der Waals surface area contributed by atoms with Gasteiger partial charge in [0.15, 0.2) is 0 Å². The van der Waals surface area contributed by atoms with Crippen molar-refractivity contribution in [1.82, 2.24) is 14.9 Å².